The molecule has 2 N–H and O–H groups in total. The van der Waals surface area contributed by atoms with Crippen LogP contribution in [0.1, 0.15) is 21.7 Å². The molecule has 0 atom stereocenters. The summed E-state index contributed by atoms with van der Waals surface area (Å²) in [5.74, 6) is 1.08. The smallest absolute Gasteiger partial charge is 0.257 e. The van der Waals surface area contributed by atoms with Crippen LogP contribution in [0.2, 0.25) is 0 Å². The van der Waals surface area contributed by atoms with Gasteiger partial charge in [-0.2, -0.15) is 0 Å². The zero-order valence-corrected chi connectivity index (χ0v) is 13.7. The maximum Gasteiger partial charge on any atom is 0.257 e. The van der Waals surface area contributed by atoms with Crippen LogP contribution in [0, 0.1) is 6.92 Å². The minimum Gasteiger partial charge on any atom is -0.493 e. The number of ether oxygens (including phenoxy) is 2. The molecule has 1 aromatic heterocycles. The molecule has 1 aromatic carbocycles. The molecule has 1 amide bonds. The van der Waals surface area contributed by atoms with Crippen LogP contribution in [-0.4, -0.2) is 42.0 Å². The average Bonchev–Trinajstić information content (AvgIpc) is 2.52. The lowest BCUT2D eigenvalue weighted by Crippen LogP contribution is -2.26. The standard InChI is InChI=1S/C16H20N4O3/c1-10-14(15(21)20(2)3)11(19-16(17)18-10)9-23-13-8-6-5-7-12(13)22-4/h5-8H,9H2,1-4H3,(H2,17,18,19). The van der Waals surface area contributed by atoms with Crippen molar-refractivity contribution in [3.05, 3.63) is 41.2 Å². The Hall–Kier alpha value is -2.83. The van der Waals surface area contributed by atoms with Crippen LogP contribution in [0.25, 0.3) is 0 Å². The molecule has 2 rings (SSSR count). The Kier molecular flexibility index (Phi) is 5.00. The number of hydrogen-bond acceptors (Lipinski definition) is 6. The Morgan fingerprint density at radius 1 is 1.22 bits per heavy atom. The summed E-state index contributed by atoms with van der Waals surface area (Å²) in [5, 5.41) is 0. The number of methoxy groups -OCH3 is 1. The molecule has 7 nitrogen and oxygen atoms in total. The molecular formula is C16H20N4O3. The molecule has 0 aliphatic rings. The summed E-state index contributed by atoms with van der Waals surface area (Å²) in [6, 6.07) is 7.26. The molecule has 0 unspecified atom stereocenters. The molecule has 0 saturated carbocycles. The van der Waals surface area contributed by atoms with Gasteiger partial charge in [0, 0.05) is 14.1 Å². The van der Waals surface area contributed by atoms with Crippen molar-refractivity contribution in [1.29, 1.82) is 0 Å². The number of carbonyl (C=O) groups excluding carboxylic acids is 1. The highest BCUT2D eigenvalue weighted by atomic mass is 16.5. The van der Waals surface area contributed by atoms with Gasteiger partial charge in [-0.15, -0.1) is 0 Å². The number of para-hydroxylation sites is 2. The Bertz CT molecular complexity index is 716. The second-order valence-corrected chi connectivity index (χ2v) is 5.13. The van der Waals surface area contributed by atoms with Gasteiger partial charge < -0.3 is 20.1 Å². The van der Waals surface area contributed by atoms with E-state index in [-0.39, 0.29) is 18.5 Å². The van der Waals surface area contributed by atoms with Crippen LogP contribution in [0.5, 0.6) is 11.5 Å². The van der Waals surface area contributed by atoms with Gasteiger partial charge in [-0.05, 0) is 19.1 Å². The number of benzene rings is 1. The molecule has 0 bridgehead atoms. The van der Waals surface area contributed by atoms with E-state index < -0.39 is 0 Å². The third kappa shape index (κ3) is 3.68. The van der Waals surface area contributed by atoms with Crippen molar-refractivity contribution >= 4 is 11.9 Å². The van der Waals surface area contributed by atoms with Crippen LogP contribution in [0.15, 0.2) is 24.3 Å². The predicted octanol–water partition coefficient (Wildman–Crippen LogP) is 1.66. The molecule has 0 fully saturated rings. The molecule has 7 heteroatoms. The number of nitrogens with zero attached hydrogens (tertiary/aromatic N) is 3. The molecule has 122 valence electrons. The van der Waals surface area contributed by atoms with E-state index in [1.807, 2.05) is 12.1 Å². The monoisotopic (exact) mass is 316 g/mol. The summed E-state index contributed by atoms with van der Waals surface area (Å²) in [7, 11) is 4.90. The molecule has 0 saturated heterocycles. The third-order valence-electron chi connectivity index (χ3n) is 3.24. The van der Waals surface area contributed by atoms with E-state index >= 15 is 0 Å². The fraction of sp³-hybridized carbons (Fsp3) is 0.312. The first-order chi connectivity index (χ1) is 10.9. The highest BCUT2D eigenvalue weighted by Gasteiger charge is 2.20. The largest absolute Gasteiger partial charge is 0.493 e. The minimum absolute atomic E-state index is 0.0862. The number of aromatic nitrogens is 2. The fourth-order valence-corrected chi connectivity index (χ4v) is 2.15. The van der Waals surface area contributed by atoms with E-state index in [0.717, 1.165) is 0 Å². The van der Waals surface area contributed by atoms with Crippen LogP contribution < -0.4 is 15.2 Å². The second kappa shape index (κ2) is 6.95. The second-order valence-electron chi connectivity index (χ2n) is 5.13. The molecule has 1 heterocycles. The number of anilines is 1. The number of carbonyl (C=O) groups is 1. The SMILES string of the molecule is COc1ccccc1OCc1nc(N)nc(C)c1C(=O)N(C)C. The minimum atomic E-state index is -0.193. The van der Waals surface area contributed by atoms with E-state index in [2.05, 4.69) is 9.97 Å². The van der Waals surface area contributed by atoms with Crippen molar-refractivity contribution in [3.63, 3.8) is 0 Å². The van der Waals surface area contributed by atoms with Gasteiger partial charge in [0.2, 0.25) is 5.95 Å². The lowest BCUT2D eigenvalue weighted by atomic mass is 10.1. The highest BCUT2D eigenvalue weighted by Crippen LogP contribution is 2.27. The summed E-state index contributed by atoms with van der Waals surface area (Å²) in [5.41, 5.74) is 7.07. The molecule has 0 aliphatic heterocycles. The Labute approximate surface area is 135 Å². The summed E-state index contributed by atoms with van der Waals surface area (Å²) < 4.78 is 11.0. The number of rotatable bonds is 5. The number of amides is 1. The fourth-order valence-electron chi connectivity index (χ4n) is 2.15. The van der Waals surface area contributed by atoms with Crippen LogP contribution in [0.4, 0.5) is 5.95 Å². The van der Waals surface area contributed by atoms with Gasteiger partial charge in [-0.25, -0.2) is 9.97 Å². The number of nitrogen functional groups attached to an aromatic ring is 1. The van der Waals surface area contributed by atoms with Crippen molar-refractivity contribution < 1.29 is 14.3 Å². The molecule has 0 radical (unpaired) electrons. The lowest BCUT2D eigenvalue weighted by molar-refractivity contribution is 0.0823. The number of nitrogens with two attached hydrogens (primary N) is 1. The topological polar surface area (TPSA) is 90.6 Å². The van der Waals surface area contributed by atoms with E-state index in [1.165, 1.54) is 4.90 Å². The van der Waals surface area contributed by atoms with Crippen LogP contribution in [0.3, 0.4) is 0 Å². The first kappa shape index (κ1) is 16.5. The van der Waals surface area contributed by atoms with Gasteiger partial charge in [0.25, 0.3) is 5.91 Å². The maximum atomic E-state index is 12.4. The first-order valence-corrected chi connectivity index (χ1v) is 7.04. The Morgan fingerprint density at radius 3 is 2.48 bits per heavy atom. The van der Waals surface area contributed by atoms with Gasteiger partial charge in [-0.1, -0.05) is 12.1 Å². The van der Waals surface area contributed by atoms with Gasteiger partial charge in [0.1, 0.15) is 6.61 Å². The number of aryl methyl sites for hydroxylation is 1. The van der Waals surface area contributed by atoms with E-state index in [1.54, 1.807) is 40.3 Å². The van der Waals surface area contributed by atoms with E-state index in [4.69, 9.17) is 15.2 Å². The first-order valence-electron chi connectivity index (χ1n) is 7.04. The van der Waals surface area contributed by atoms with E-state index in [9.17, 15) is 4.79 Å². The summed E-state index contributed by atoms with van der Waals surface area (Å²) >= 11 is 0. The quantitative estimate of drug-likeness (QED) is 0.902. The van der Waals surface area contributed by atoms with Gasteiger partial charge >= 0.3 is 0 Å². The lowest BCUT2D eigenvalue weighted by Gasteiger charge is -2.16. The van der Waals surface area contributed by atoms with Crippen molar-refractivity contribution in [3.8, 4) is 11.5 Å². The Balaban J connectivity index is 2.34. The predicted molar refractivity (Wildman–Crippen MR) is 86.5 cm³/mol. The van der Waals surface area contributed by atoms with Crippen molar-refractivity contribution in [1.82, 2.24) is 14.9 Å². The van der Waals surface area contributed by atoms with Gasteiger partial charge in [0.05, 0.1) is 24.1 Å². The summed E-state index contributed by atoms with van der Waals surface area (Å²) in [6.45, 7) is 1.81. The molecule has 0 aliphatic carbocycles. The van der Waals surface area contributed by atoms with Gasteiger partial charge in [0.15, 0.2) is 11.5 Å². The van der Waals surface area contributed by atoms with E-state index in [0.29, 0.717) is 28.5 Å². The van der Waals surface area contributed by atoms with Crippen LogP contribution >= 0.6 is 0 Å². The third-order valence-corrected chi connectivity index (χ3v) is 3.24. The Morgan fingerprint density at radius 2 is 1.87 bits per heavy atom. The summed E-state index contributed by atoms with van der Waals surface area (Å²) in [4.78, 5) is 22.1. The van der Waals surface area contributed by atoms with Gasteiger partial charge in [-0.3, -0.25) is 4.79 Å². The molecule has 0 spiro atoms. The average molecular weight is 316 g/mol. The van der Waals surface area contributed by atoms with Crippen molar-refractivity contribution in [2.75, 3.05) is 26.9 Å². The normalized spacial score (nSPS) is 10.3. The summed E-state index contributed by atoms with van der Waals surface area (Å²) in [6.07, 6.45) is 0. The zero-order valence-electron chi connectivity index (χ0n) is 13.7. The molecule has 23 heavy (non-hydrogen) atoms. The highest BCUT2D eigenvalue weighted by molar-refractivity contribution is 5.96. The van der Waals surface area contributed by atoms with Crippen molar-refractivity contribution in [2.45, 2.75) is 13.5 Å². The van der Waals surface area contributed by atoms with Crippen LogP contribution in [-0.2, 0) is 6.61 Å². The maximum absolute atomic E-state index is 12.4. The number of hydrogen-bond donors (Lipinski definition) is 1. The van der Waals surface area contributed by atoms with Crippen molar-refractivity contribution in [2.24, 2.45) is 0 Å². The molecule has 2 aromatic rings. The molecular weight excluding hydrogens is 296 g/mol. The zero-order chi connectivity index (χ0) is 17.0.